The summed E-state index contributed by atoms with van der Waals surface area (Å²) in [6, 6.07) is 9.10. The zero-order valence-corrected chi connectivity index (χ0v) is 13.7. The SMILES string of the molecule is CCCNC(c1ccc(C)c(C)c1)c1ccnn1CCC. The average Bonchev–Trinajstić information content (AvgIpc) is 2.92. The topological polar surface area (TPSA) is 29.9 Å². The first-order valence-electron chi connectivity index (χ1n) is 7.99. The zero-order valence-electron chi connectivity index (χ0n) is 13.7. The molecule has 0 aliphatic heterocycles. The first-order chi connectivity index (χ1) is 10.2. The number of aryl methyl sites for hydroxylation is 3. The van der Waals surface area contributed by atoms with Crippen LogP contribution in [0.3, 0.4) is 0 Å². The van der Waals surface area contributed by atoms with E-state index in [1.807, 2.05) is 6.20 Å². The van der Waals surface area contributed by atoms with E-state index in [0.717, 1.165) is 25.9 Å². The molecule has 0 bridgehead atoms. The van der Waals surface area contributed by atoms with Crippen LogP contribution in [-0.2, 0) is 6.54 Å². The Morgan fingerprint density at radius 1 is 1.10 bits per heavy atom. The molecule has 0 amide bonds. The van der Waals surface area contributed by atoms with E-state index in [0.29, 0.717) is 0 Å². The summed E-state index contributed by atoms with van der Waals surface area (Å²) in [7, 11) is 0. The summed E-state index contributed by atoms with van der Waals surface area (Å²) in [5.41, 5.74) is 5.27. The fraction of sp³-hybridized carbons (Fsp3) is 0.500. The fourth-order valence-electron chi connectivity index (χ4n) is 2.61. The standard InChI is InChI=1S/C18H27N3/c1-5-10-19-18(16-8-7-14(3)15(4)13-16)17-9-11-20-21(17)12-6-2/h7-9,11,13,18-19H,5-6,10,12H2,1-4H3. The van der Waals surface area contributed by atoms with Gasteiger partial charge in [0.1, 0.15) is 0 Å². The van der Waals surface area contributed by atoms with Gasteiger partial charge in [0.05, 0.1) is 11.7 Å². The van der Waals surface area contributed by atoms with Crippen LogP contribution in [0.1, 0.15) is 55.1 Å². The molecule has 1 aromatic heterocycles. The first-order valence-corrected chi connectivity index (χ1v) is 7.99. The van der Waals surface area contributed by atoms with Crippen LogP contribution in [0.15, 0.2) is 30.5 Å². The van der Waals surface area contributed by atoms with E-state index in [1.165, 1.54) is 22.4 Å². The molecule has 1 atom stereocenters. The van der Waals surface area contributed by atoms with E-state index in [9.17, 15) is 0 Å². The molecular formula is C18H27N3. The molecule has 0 aliphatic carbocycles. The summed E-state index contributed by atoms with van der Waals surface area (Å²) in [5, 5.41) is 8.15. The zero-order chi connectivity index (χ0) is 15.2. The van der Waals surface area contributed by atoms with Gasteiger partial charge < -0.3 is 5.32 Å². The molecule has 3 heteroatoms. The Morgan fingerprint density at radius 2 is 1.90 bits per heavy atom. The lowest BCUT2D eigenvalue weighted by Gasteiger charge is -2.21. The van der Waals surface area contributed by atoms with Crippen molar-refractivity contribution < 1.29 is 0 Å². The Kier molecular flexibility index (Phi) is 5.57. The molecule has 2 rings (SSSR count). The predicted molar refractivity (Wildman–Crippen MR) is 88.6 cm³/mol. The minimum Gasteiger partial charge on any atom is -0.305 e. The van der Waals surface area contributed by atoms with Gasteiger partial charge in [-0.15, -0.1) is 0 Å². The second kappa shape index (κ2) is 7.41. The van der Waals surface area contributed by atoms with Crippen LogP contribution in [0.4, 0.5) is 0 Å². The van der Waals surface area contributed by atoms with Crippen LogP contribution >= 0.6 is 0 Å². The number of nitrogens with zero attached hydrogens (tertiary/aromatic N) is 2. The van der Waals surface area contributed by atoms with Crippen LogP contribution in [0.2, 0.25) is 0 Å². The van der Waals surface area contributed by atoms with Crippen LogP contribution < -0.4 is 5.32 Å². The highest BCUT2D eigenvalue weighted by Crippen LogP contribution is 2.24. The van der Waals surface area contributed by atoms with Gasteiger partial charge in [0.25, 0.3) is 0 Å². The first kappa shape index (κ1) is 15.8. The van der Waals surface area contributed by atoms with Gasteiger partial charge in [0, 0.05) is 12.7 Å². The lowest BCUT2D eigenvalue weighted by molar-refractivity contribution is 0.511. The van der Waals surface area contributed by atoms with Gasteiger partial charge in [-0.2, -0.15) is 5.10 Å². The lowest BCUT2D eigenvalue weighted by Crippen LogP contribution is -2.26. The van der Waals surface area contributed by atoms with E-state index >= 15 is 0 Å². The largest absolute Gasteiger partial charge is 0.305 e. The minimum absolute atomic E-state index is 0.221. The number of rotatable bonds is 7. The van der Waals surface area contributed by atoms with Gasteiger partial charge in [-0.1, -0.05) is 32.0 Å². The van der Waals surface area contributed by atoms with Gasteiger partial charge in [-0.3, -0.25) is 4.68 Å². The van der Waals surface area contributed by atoms with Crippen molar-refractivity contribution in [2.45, 2.75) is 53.1 Å². The molecule has 1 unspecified atom stereocenters. The van der Waals surface area contributed by atoms with Gasteiger partial charge in [0.15, 0.2) is 0 Å². The molecule has 3 nitrogen and oxygen atoms in total. The molecule has 0 saturated carbocycles. The molecule has 1 heterocycles. The van der Waals surface area contributed by atoms with E-state index in [4.69, 9.17) is 0 Å². The lowest BCUT2D eigenvalue weighted by atomic mass is 9.98. The predicted octanol–water partition coefficient (Wildman–Crippen LogP) is 4.00. The molecule has 1 aromatic carbocycles. The van der Waals surface area contributed by atoms with Crippen LogP contribution in [0, 0.1) is 13.8 Å². The number of benzene rings is 1. The summed E-state index contributed by atoms with van der Waals surface area (Å²) >= 11 is 0. The van der Waals surface area contributed by atoms with Crippen molar-refractivity contribution in [3.63, 3.8) is 0 Å². The van der Waals surface area contributed by atoms with E-state index in [2.05, 4.69) is 67.1 Å². The monoisotopic (exact) mass is 285 g/mol. The van der Waals surface area contributed by atoms with Crippen molar-refractivity contribution >= 4 is 0 Å². The maximum atomic E-state index is 4.48. The van der Waals surface area contributed by atoms with Gasteiger partial charge in [-0.05, 0) is 56.0 Å². The molecule has 2 aromatic rings. The van der Waals surface area contributed by atoms with E-state index < -0.39 is 0 Å². The molecule has 0 saturated heterocycles. The maximum Gasteiger partial charge on any atom is 0.0748 e. The average molecular weight is 285 g/mol. The van der Waals surface area contributed by atoms with Crippen LogP contribution in [-0.4, -0.2) is 16.3 Å². The van der Waals surface area contributed by atoms with E-state index in [-0.39, 0.29) is 6.04 Å². The van der Waals surface area contributed by atoms with Gasteiger partial charge in [0.2, 0.25) is 0 Å². The van der Waals surface area contributed by atoms with Crippen LogP contribution in [0.25, 0.3) is 0 Å². The Morgan fingerprint density at radius 3 is 2.57 bits per heavy atom. The normalized spacial score (nSPS) is 12.6. The van der Waals surface area contributed by atoms with Crippen molar-refractivity contribution in [1.82, 2.24) is 15.1 Å². The summed E-state index contributed by atoms with van der Waals surface area (Å²) in [6.07, 6.45) is 4.14. The molecule has 114 valence electrons. The molecule has 1 N–H and O–H groups in total. The number of hydrogen-bond acceptors (Lipinski definition) is 2. The third-order valence-electron chi connectivity index (χ3n) is 3.94. The second-order valence-electron chi connectivity index (χ2n) is 5.71. The summed E-state index contributed by atoms with van der Waals surface area (Å²) in [5.74, 6) is 0. The highest BCUT2D eigenvalue weighted by atomic mass is 15.3. The van der Waals surface area contributed by atoms with Crippen LogP contribution in [0.5, 0.6) is 0 Å². The molecule has 0 radical (unpaired) electrons. The number of aromatic nitrogens is 2. The van der Waals surface area contributed by atoms with E-state index in [1.54, 1.807) is 0 Å². The molecular weight excluding hydrogens is 258 g/mol. The molecule has 0 aliphatic rings. The van der Waals surface area contributed by atoms with Crippen molar-refractivity contribution in [1.29, 1.82) is 0 Å². The Balaban J connectivity index is 2.37. The highest BCUT2D eigenvalue weighted by Gasteiger charge is 2.17. The Labute approximate surface area is 128 Å². The molecule has 0 fully saturated rings. The van der Waals surface area contributed by atoms with Crippen molar-refractivity contribution in [3.05, 3.63) is 52.8 Å². The smallest absolute Gasteiger partial charge is 0.0748 e. The summed E-state index contributed by atoms with van der Waals surface area (Å²) < 4.78 is 2.13. The minimum atomic E-state index is 0.221. The summed E-state index contributed by atoms with van der Waals surface area (Å²) in [6.45, 7) is 10.7. The summed E-state index contributed by atoms with van der Waals surface area (Å²) in [4.78, 5) is 0. The second-order valence-corrected chi connectivity index (χ2v) is 5.71. The van der Waals surface area contributed by atoms with Crippen molar-refractivity contribution in [2.75, 3.05) is 6.54 Å². The van der Waals surface area contributed by atoms with Gasteiger partial charge in [-0.25, -0.2) is 0 Å². The third-order valence-corrected chi connectivity index (χ3v) is 3.94. The van der Waals surface area contributed by atoms with Gasteiger partial charge >= 0.3 is 0 Å². The maximum absolute atomic E-state index is 4.48. The van der Waals surface area contributed by atoms with Crippen molar-refractivity contribution in [2.24, 2.45) is 0 Å². The Bertz CT molecular complexity index is 572. The quantitative estimate of drug-likeness (QED) is 0.833. The highest BCUT2D eigenvalue weighted by molar-refractivity contribution is 5.35. The number of nitrogens with one attached hydrogen (secondary N) is 1. The van der Waals surface area contributed by atoms with Crippen molar-refractivity contribution in [3.8, 4) is 0 Å². The number of hydrogen-bond donors (Lipinski definition) is 1. The third kappa shape index (κ3) is 3.73. The molecule has 21 heavy (non-hydrogen) atoms. The Hall–Kier alpha value is -1.61. The molecule has 0 spiro atoms. The fourth-order valence-corrected chi connectivity index (χ4v) is 2.61.